The minimum absolute atomic E-state index is 0.237. The highest BCUT2D eigenvalue weighted by atomic mass is 16.5. The van der Waals surface area contributed by atoms with Crippen molar-refractivity contribution < 1.29 is 9.53 Å². The average Bonchev–Trinajstić information content (AvgIpc) is 3.33. The summed E-state index contributed by atoms with van der Waals surface area (Å²) < 4.78 is 5.95. The fourth-order valence-electron chi connectivity index (χ4n) is 2.74. The summed E-state index contributed by atoms with van der Waals surface area (Å²) in [5.74, 6) is 1.21. The first-order chi connectivity index (χ1) is 10.3. The fourth-order valence-corrected chi connectivity index (χ4v) is 2.74. The van der Waals surface area contributed by atoms with Crippen molar-refractivity contribution in [2.24, 2.45) is 0 Å². The maximum absolute atomic E-state index is 12.1. The number of nitrogens with zero attached hydrogens (tertiary/aromatic N) is 1. The van der Waals surface area contributed by atoms with Crippen LogP contribution in [0, 0.1) is 0 Å². The van der Waals surface area contributed by atoms with Crippen LogP contribution in [0.5, 0.6) is 5.75 Å². The third-order valence-corrected chi connectivity index (χ3v) is 4.19. The first-order valence-electron chi connectivity index (χ1n) is 8.04. The largest absolute Gasteiger partial charge is 0.490 e. The number of rotatable bonds is 6. The average molecular weight is 288 g/mol. The molecule has 0 aromatic heterocycles. The lowest BCUT2D eigenvalue weighted by atomic mass is 10.1. The molecule has 1 amide bonds. The SMILES string of the molecule is O=C(CCNC1CC1)N1CCC(Oc2ccccc2)CC1. The molecule has 4 heteroatoms. The number of amides is 1. The van der Waals surface area contributed by atoms with Crippen molar-refractivity contribution in [3.8, 4) is 5.75 Å². The molecule has 3 rings (SSSR count). The second kappa shape index (κ2) is 6.94. The highest BCUT2D eigenvalue weighted by Crippen LogP contribution is 2.20. The van der Waals surface area contributed by atoms with Gasteiger partial charge in [-0.15, -0.1) is 0 Å². The maximum atomic E-state index is 12.1. The van der Waals surface area contributed by atoms with Crippen molar-refractivity contribution in [1.29, 1.82) is 0 Å². The van der Waals surface area contributed by atoms with Crippen molar-refractivity contribution in [2.75, 3.05) is 19.6 Å². The number of benzene rings is 1. The van der Waals surface area contributed by atoms with Crippen LogP contribution < -0.4 is 10.1 Å². The quantitative estimate of drug-likeness (QED) is 0.872. The van der Waals surface area contributed by atoms with Gasteiger partial charge in [0.15, 0.2) is 0 Å². The molecule has 1 heterocycles. The van der Waals surface area contributed by atoms with E-state index in [1.165, 1.54) is 12.8 Å². The molecule has 0 spiro atoms. The molecule has 1 aliphatic carbocycles. The number of nitrogens with one attached hydrogen (secondary N) is 1. The number of para-hydroxylation sites is 1. The summed E-state index contributed by atoms with van der Waals surface area (Å²) in [5.41, 5.74) is 0. The Morgan fingerprint density at radius 1 is 1.14 bits per heavy atom. The summed E-state index contributed by atoms with van der Waals surface area (Å²) in [6, 6.07) is 10.6. The number of hydrogen-bond donors (Lipinski definition) is 1. The molecule has 0 unspecified atom stereocenters. The van der Waals surface area contributed by atoms with E-state index in [9.17, 15) is 4.79 Å². The lowest BCUT2D eigenvalue weighted by Crippen LogP contribution is -2.42. The Bertz CT molecular complexity index is 451. The van der Waals surface area contributed by atoms with Gasteiger partial charge in [0.25, 0.3) is 0 Å². The molecule has 1 aromatic rings. The van der Waals surface area contributed by atoms with Crippen LogP contribution in [-0.4, -0.2) is 42.6 Å². The van der Waals surface area contributed by atoms with Crippen LogP contribution in [0.1, 0.15) is 32.1 Å². The normalized spacial score (nSPS) is 19.5. The van der Waals surface area contributed by atoms with E-state index in [2.05, 4.69) is 5.32 Å². The lowest BCUT2D eigenvalue weighted by Gasteiger charge is -2.32. The molecule has 1 aliphatic heterocycles. The zero-order valence-corrected chi connectivity index (χ0v) is 12.5. The van der Waals surface area contributed by atoms with Gasteiger partial charge in [0.1, 0.15) is 11.9 Å². The van der Waals surface area contributed by atoms with Crippen molar-refractivity contribution in [3.05, 3.63) is 30.3 Å². The van der Waals surface area contributed by atoms with Crippen LogP contribution in [0.4, 0.5) is 0 Å². The van der Waals surface area contributed by atoms with Crippen LogP contribution in [0.25, 0.3) is 0 Å². The number of ether oxygens (including phenoxy) is 1. The molecule has 0 bridgehead atoms. The Balaban J connectivity index is 1.36. The van der Waals surface area contributed by atoms with Gasteiger partial charge in [-0.25, -0.2) is 0 Å². The first-order valence-corrected chi connectivity index (χ1v) is 8.04. The Morgan fingerprint density at radius 2 is 1.86 bits per heavy atom. The van der Waals surface area contributed by atoms with Gasteiger partial charge >= 0.3 is 0 Å². The van der Waals surface area contributed by atoms with E-state index in [1.807, 2.05) is 35.2 Å². The fraction of sp³-hybridized carbons (Fsp3) is 0.588. The van der Waals surface area contributed by atoms with E-state index in [0.717, 1.165) is 38.2 Å². The highest BCUT2D eigenvalue weighted by Gasteiger charge is 2.24. The van der Waals surface area contributed by atoms with E-state index < -0.39 is 0 Å². The van der Waals surface area contributed by atoms with Crippen LogP contribution in [0.3, 0.4) is 0 Å². The molecule has 0 atom stereocenters. The van der Waals surface area contributed by atoms with Gasteiger partial charge in [-0.05, 0) is 25.0 Å². The Morgan fingerprint density at radius 3 is 2.52 bits per heavy atom. The van der Waals surface area contributed by atoms with Gasteiger partial charge in [0, 0.05) is 44.9 Å². The van der Waals surface area contributed by atoms with Crippen molar-refractivity contribution in [3.63, 3.8) is 0 Å². The van der Waals surface area contributed by atoms with E-state index in [-0.39, 0.29) is 12.0 Å². The number of hydrogen-bond acceptors (Lipinski definition) is 3. The molecule has 1 N–H and O–H groups in total. The third kappa shape index (κ3) is 4.46. The van der Waals surface area contributed by atoms with Gasteiger partial charge in [-0.1, -0.05) is 18.2 Å². The van der Waals surface area contributed by atoms with E-state index in [4.69, 9.17) is 4.74 Å². The molecule has 0 radical (unpaired) electrons. The molecular weight excluding hydrogens is 264 g/mol. The van der Waals surface area contributed by atoms with Gasteiger partial charge in [-0.2, -0.15) is 0 Å². The summed E-state index contributed by atoms with van der Waals surface area (Å²) >= 11 is 0. The maximum Gasteiger partial charge on any atom is 0.223 e. The molecule has 4 nitrogen and oxygen atoms in total. The van der Waals surface area contributed by atoms with Gasteiger partial charge < -0.3 is 15.0 Å². The zero-order chi connectivity index (χ0) is 14.5. The Hall–Kier alpha value is -1.55. The minimum Gasteiger partial charge on any atom is -0.490 e. The van der Waals surface area contributed by atoms with E-state index in [0.29, 0.717) is 12.5 Å². The van der Waals surface area contributed by atoms with Crippen LogP contribution in [-0.2, 0) is 4.79 Å². The Labute approximate surface area is 126 Å². The Kier molecular flexibility index (Phi) is 4.76. The molecule has 1 aromatic carbocycles. The van der Waals surface area contributed by atoms with E-state index >= 15 is 0 Å². The second-order valence-electron chi connectivity index (χ2n) is 5.99. The van der Waals surface area contributed by atoms with E-state index in [1.54, 1.807) is 0 Å². The molecule has 114 valence electrons. The molecule has 2 aliphatic rings. The number of piperidine rings is 1. The molecular formula is C17H24N2O2. The predicted molar refractivity (Wildman–Crippen MR) is 82.3 cm³/mol. The summed E-state index contributed by atoms with van der Waals surface area (Å²) in [6.07, 6.45) is 5.27. The van der Waals surface area contributed by atoms with Crippen molar-refractivity contribution >= 4 is 5.91 Å². The first kappa shape index (κ1) is 14.4. The van der Waals surface area contributed by atoms with Gasteiger partial charge in [-0.3, -0.25) is 4.79 Å². The summed E-state index contributed by atoms with van der Waals surface area (Å²) in [4.78, 5) is 14.1. The molecule has 1 saturated heterocycles. The van der Waals surface area contributed by atoms with Crippen molar-refractivity contribution in [2.45, 2.75) is 44.2 Å². The summed E-state index contributed by atoms with van der Waals surface area (Å²) in [6.45, 7) is 2.46. The van der Waals surface area contributed by atoms with Crippen molar-refractivity contribution in [1.82, 2.24) is 10.2 Å². The lowest BCUT2D eigenvalue weighted by molar-refractivity contribution is -0.132. The molecule has 21 heavy (non-hydrogen) atoms. The smallest absolute Gasteiger partial charge is 0.223 e. The van der Waals surface area contributed by atoms with Gasteiger partial charge in [0.05, 0.1) is 0 Å². The number of likely N-dealkylation sites (tertiary alicyclic amines) is 1. The standard InChI is InChI=1S/C17H24N2O2/c20-17(8-11-18-14-6-7-14)19-12-9-16(10-13-19)21-15-4-2-1-3-5-15/h1-5,14,16,18H,6-13H2. The second-order valence-corrected chi connectivity index (χ2v) is 5.99. The molecule has 1 saturated carbocycles. The van der Waals surface area contributed by atoms with Crippen LogP contribution >= 0.6 is 0 Å². The monoisotopic (exact) mass is 288 g/mol. The minimum atomic E-state index is 0.237. The van der Waals surface area contributed by atoms with Gasteiger partial charge in [0.2, 0.25) is 5.91 Å². The highest BCUT2D eigenvalue weighted by molar-refractivity contribution is 5.76. The third-order valence-electron chi connectivity index (χ3n) is 4.19. The number of carbonyl (C=O) groups is 1. The summed E-state index contributed by atoms with van der Waals surface area (Å²) in [7, 11) is 0. The number of carbonyl (C=O) groups excluding carboxylic acids is 1. The zero-order valence-electron chi connectivity index (χ0n) is 12.5. The van der Waals surface area contributed by atoms with Crippen LogP contribution in [0.2, 0.25) is 0 Å². The molecule has 2 fully saturated rings. The van der Waals surface area contributed by atoms with Crippen LogP contribution in [0.15, 0.2) is 30.3 Å². The summed E-state index contributed by atoms with van der Waals surface area (Å²) in [5, 5.41) is 3.40. The topological polar surface area (TPSA) is 41.6 Å². The predicted octanol–water partition coefficient (Wildman–Crippen LogP) is 2.20.